The molecule has 7 nitrogen and oxygen atoms in total. The number of hydrogen-bond acceptors (Lipinski definition) is 6. The van der Waals surface area contributed by atoms with E-state index in [4.69, 9.17) is 14.2 Å². The summed E-state index contributed by atoms with van der Waals surface area (Å²) in [5.41, 5.74) is 0.677. The standard InChI is InChI=1S/C24H24FNO6/c1-30-16-9-10-18(19(12-16)31-2)21-20(22(27)14-5-7-15(25)8-6-14)23(28)24(29)26(21)13-17-4-3-11-32-17/h5-10,12,17,21,27H,3-4,11,13H2,1-2H3/t17-,21+/m0/s1. The van der Waals surface area contributed by atoms with Crippen LogP contribution in [0.2, 0.25) is 0 Å². The van der Waals surface area contributed by atoms with Crippen LogP contribution in [0.3, 0.4) is 0 Å². The van der Waals surface area contributed by atoms with E-state index in [1.807, 2.05) is 0 Å². The van der Waals surface area contributed by atoms with Gasteiger partial charge in [-0.1, -0.05) is 0 Å². The van der Waals surface area contributed by atoms with Gasteiger partial charge < -0.3 is 24.2 Å². The molecule has 0 radical (unpaired) electrons. The third-order valence-electron chi connectivity index (χ3n) is 5.82. The van der Waals surface area contributed by atoms with Gasteiger partial charge in [-0.3, -0.25) is 9.59 Å². The number of ketones is 1. The average molecular weight is 441 g/mol. The molecule has 2 aliphatic rings. The van der Waals surface area contributed by atoms with Gasteiger partial charge >= 0.3 is 0 Å². The maximum Gasteiger partial charge on any atom is 0.295 e. The van der Waals surface area contributed by atoms with Gasteiger partial charge in [0, 0.05) is 30.3 Å². The molecule has 2 atom stereocenters. The second-order valence-corrected chi connectivity index (χ2v) is 7.70. The Kier molecular flexibility index (Phi) is 6.14. The molecule has 2 aromatic carbocycles. The zero-order valence-electron chi connectivity index (χ0n) is 17.8. The molecular weight excluding hydrogens is 417 g/mol. The van der Waals surface area contributed by atoms with Gasteiger partial charge in [0.2, 0.25) is 0 Å². The van der Waals surface area contributed by atoms with Crippen molar-refractivity contribution in [2.24, 2.45) is 0 Å². The summed E-state index contributed by atoms with van der Waals surface area (Å²) >= 11 is 0. The van der Waals surface area contributed by atoms with E-state index in [2.05, 4.69) is 0 Å². The van der Waals surface area contributed by atoms with Crippen LogP contribution in [0.15, 0.2) is 48.0 Å². The van der Waals surface area contributed by atoms with Gasteiger partial charge in [-0.2, -0.15) is 0 Å². The third kappa shape index (κ3) is 3.93. The molecule has 0 unspecified atom stereocenters. The van der Waals surface area contributed by atoms with Crippen molar-refractivity contribution in [2.75, 3.05) is 27.4 Å². The number of aliphatic hydroxyl groups is 1. The Hall–Kier alpha value is -3.39. The Balaban J connectivity index is 1.87. The number of amides is 1. The van der Waals surface area contributed by atoms with Crippen molar-refractivity contribution in [1.82, 2.24) is 4.90 Å². The molecule has 0 spiro atoms. The largest absolute Gasteiger partial charge is 0.507 e. The zero-order valence-corrected chi connectivity index (χ0v) is 17.8. The van der Waals surface area contributed by atoms with Crippen molar-refractivity contribution in [3.05, 3.63) is 65.0 Å². The molecule has 32 heavy (non-hydrogen) atoms. The fourth-order valence-corrected chi connectivity index (χ4v) is 4.21. The summed E-state index contributed by atoms with van der Waals surface area (Å²) in [5.74, 6) is -1.45. The van der Waals surface area contributed by atoms with Crippen molar-refractivity contribution < 1.29 is 33.3 Å². The van der Waals surface area contributed by atoms with Crippen LogP contribution in [-0.2, 0) is 14.3 Å². The van der Waals surface area contributed by atoms with E-state index in [0.717, 1.165) is 12.8 Å². The summed E-state index contributed by atoms with van der Waals surface area (Å²) < 4.78 is 29.9. The zero-order chi connectivity index (χ0) is 22.8. The molecular formula is C24H24FNO6. The number of rotatable bonds is 6. The van der Waals surface area contributed by atoms with Crippen molar-refractivity contribution in [1.29, 1.82) is 0 Å². The normalized spacial score (nSPS) is 22.4. The van der Waals surface area contributed by atoms with Gasteiger partial charge in [0.05, 0.1) is 31.9 Å². The Morgan fingerprint density at radius 2 is 1.91 bits per heavy atom. The van der Waals surface area contributed by atoms with E-state index in [-0.39, 0.29) is 29.5 Å². The highest BCUT2D eigenvalue weighted by molar-refractivity contribution is 6.46. The molecule has 0 aliphatic carbocycles. The average Bonchev–Trinajstić information content (AvgIpc) is 3.41. The summed E-state index contributed by atoms with van der Waals surface area (Å²) in [6.45, 7) is 0.797. The monoisotopic (exact) mass is 441 g/mol. The molecule has 2 saturated heterocycles. The number of halogens is 1. The third-order valence-corrected chi connectivity index (χ3v) is 5.82. The maximum atomic E-state index is 13.4. The Labute approximate surface area is 185 Å². The van der Waals surface area contributed by atoms with E-state index < -0.39 is 23.5 Å². The number of hydrogen-bond donors (Lipinski definition) is 1. The minimum absolute atomic E-state index is 0.0805. The number of carbonyl (C=O) groups is 2. The van der Waals surface area contributed by atoms with E-state index in [1.54, 1.807) is 18.2 Å². The molecule has 2 fully saturated rings. The minimum Gasteiger partial charge on any atom is -0.507 e. The summed E-state index contributed by atoms with van der Waals surface area (Å²) in [5, 5.41) is 11.0. The topological polar surface area (TPSA) is 85.3 Å². The summed E-state index contributed by atoms with van der Waals surface area (Å²) in [6, 6.07) is 9.24. The highest BCUT2D eigenvalue weighted by Gasteiger charge is 2.48. The van der Waals surface area contributed by atoms with Crippen molar-refractivity contribution >= 4 is 17.4 Å². The quantitative estimate of drug-likeness (QED) is 0.420. The van der Waals surface area contributed by atoms with Gasteiger partial charge in [-0.15, -0.1) is 0 Å². The van der Waals surface area contributed by atoms with E-state index in [9.17, 15) is 19.1 Å². The summed E-state index contributed by atoms with van der Waals surface area (Å²) in [7, 11) is 3.00. The molecule has 8 heteroatoms. The predicted molar refractivity (Wildman–Crippen MR) is 114 cm³/mol. The van der Waals surface area contributed by atoms with Gasteiger partial charge in [0.25, 0.3) is 11.7 Å². The number of Topliss-reactive ketones (excluding diaryl/α,β-unsaturated/α-hetero) is 1. The molecule has 1 amide bonds. The molecule has 2 heterocycles. The van der Waals surface area contributed by atoms with Crippen LogP contribution in [0.1, 0.15) is 30.0 Å². The summed E-state index contributed by atoms with van der Waals surface area (Å²) in [4.78, 5) is 27.6. The lowest BCUT2D eigenvalue weighted by Gasteiger charge is -2.28. The maximum absolute atomic E-state index is 13.4. The summed E-state index contributed by atoms with van der Waals surface area (Å²) in [6.07, 6.45) is 1.44. The number of carbonyl (C=O) groups excluding carboxylic acids is 2. The van der Waals surface area contributed by atoms with Crippen LogP contribution >= 0.6 is 0 Å². The minimum atomic E-state index is -0.898. The lowest BCUT2D eigenvalue weighted by molar-refractivity contribution is -0.140. The smallest absolute Gasteiger partial charge is 0.295 e. The van der Waals surface area contributed by atoms with Crippen LogP contribution in [0.5, 0.6) is 11.5 Å². The second kappa shape index (κ2) is 9.00. The number of ether oxygens (including phenoxy) is 3. The van der Waals surface area contributed by atoms with Gasteiger partial charge in [0.1, 0.15) is 23.1 Å². The first-order chi connectivity index (χ1) is 15.4. The van der Waals surface area contributed by atoms with Crippen LogP contribution in [0.4, 0.5) is 4.39 Å². The number of methoxy groups -OCH3 is 2. The van der Waals surface area contributed by atoms with Crippen LogP contribution < -0.4 is 9.47 Å². The Morgan fingerprint density at radius 1 is 1.16 bits per heavy atom. The molecule has 1 N–H and O–H groups in total. The number of benzene rings is 2. The molecule has 2 aromatic rings. The van der Waals surface area contributed by atoms with E-state index >= 15 is 0 Å². The van der Waals surface area contributed by atoms with Gasteiger partial charge in [-0.25, -0.2) is 4.39 Å². The van der Waals surface area contributed by atoms with Crippen LogP contribution in [0, 0.1) is 5.82 Å². The van der Waals surface area contributed by atoms with Gasteiger partial charge in [0.15, 0.2) is 0 Å². The predicted octanol–water partition coefficient (Wildman–Crippen LogP) is 3.44. The molecule has 0 bridgehead atoms. The van der Waals surface area contributed by atoms with Crippen LogP contribution in [0.25, 0.3) is 5.76 Å². The van der Waals surface area contributed by atoms with Gasteiger partial charge in [-0.05, 0) is 49.2 Å². The van der Waals surface area contributed by atoms with Crippen LogP contribution in [-0.4, -0.2) is 55.2 Å². The number of aliphatic hydroxyl groups excluding tert-OH is 1. The lowest BCUT2D eigenvalue weighted by atomic mass is 9.94. The molecule has 0 aromatic heterocycles. The number of nitrogens with zero attached hydrogens (tertiary/aromatic N) is 1. The highest BCUT2D eigenvalue weighted by atomic mass is 19.1. The molecule has 0 saturated carbocycles. The SMILES string of the molecule is COc1ccc([C@@H]2C(=C(O)c3ccc(F)cc3)C(=O)C(=O)N2C[C@@H]2CCCO2)c(OC)c1. The molecule has 168 valence electrons. The first-order valence-electron chi connectivity index (χ1n) is 10.3. The highest BCUT2D eigenvalue weighted by Crippen LogP contribution is 2.44. The molecule has 4 rings (SSSR count). The first kappa shape index (κ1) is 21.8. The lowest BCUT2D eigenvalue weighted by Crippen LogP contribution is -2.36. The first-order valence-corrected chi connectivity index (χ1v) is 10.3. The fourth-order valence-electron chi connectivity index (χ4n) is 4.21. The Bertz CT molecular complexity index is 1060. The second-order valence-electron chi connectivity index (χ2n) is 7.70. The fraction of sp³-hybridized carbons (Fsp3) is 0.333. The van der Waals surface area contributed by atoms with Crippen molar-refractivity contribution in [3.8, 4) is 11.5 Å². The molecule has 2 aliphatic heterocycles. The van der Waals surface area contributed by atoms with Crippen molar-refractivity contribution in [2.45, 2.75) is 25.0 Å². The Morgan fingerprint density at radius 3 is 2.53 bits per heavy atom. The van der Waals surface area contributed by atoms with E-state index in [0.29, 0.717) is 23.7 Å². The van der Waals surface area contributed by atoms with Crippen molar-refractivity contribution in [3.63, 3.8) is 0 Å². The number of likely N-dealkylation sites (tertiary alicyclic amines) is 1. The van der Waals surface area contributed by atoms with E-state index in [1.165, 1.54) is 43.4 Å².